The van der Waals surface area contributed by atoms with Crippen molar-refractivity contribution in [1.29, 1.82) is 0 Å². The molecule has 38 heavy (non-hydrogen) atoms. The number of hydrogen-bond acceptors (Lipinski definition) is 5. The van der Waals surface area contributed by atoms with Crippen molar-refractivity contribution < 1.29 is 27.5 Å². The summed E-state index contributed by atoms with van der Waals surface area (Å²) >= 11 is 0. The molecule has 1 aromatic heterocycles. The minimum absolute atomic E-state index is 0.0428. The Kier molecular flexibility index (Phi) is 8.28. The van der Waals surface area contributed by atoms with E-state index in [9.17, 15) is 23.1 Å². The van der Waals surface area contributed by atoms with Crippen LogP contribution in [-0.2, 0) is 11.2 Å². The van der Waals surface area contributed by atoms with Crippen molar-refractivity contribution in [3.05, 3.63) is 77.2 Å². The van der Waals surface area contributed by atoms with Gasteiger partial charge in [0.15, 0.2) is 0 Å². The molecule has 2 N–H and O–H groups in total. The van der Waals surface area contributed by atoms with Crippen molar-refractivity contribution in [3.8, 4) is 11.5 Å². The van der Waals surface area contributed by atoms with E-state index in [-0.39, 0.29) is 31.0 Å². The first-order valence-electron chi connectivity index (χ1n) is 12.8. The lowest BCUT2D eigenvalue weighted by Crippen LogP contribution is -2.48. The average molecular weight is 530 g/mol. The number of hydrogen-bond donors (Lipinski definition) is 2. The van der Waals surface area contributed by atoms with Crippen molar-refractivity contribution in [1.82, 2.24) is 15.2 Å². The van der Waals surface area contributed by atoms with E-state index in [0.717, 1.165) is 23.8 Å². The number of amides is 1. The van der Waals surface area contributed by atoms with Crippen LogP contribution >= 0.6 is 0 Å². The number of carbonyl (C=O) groups is 1. The third kappa shape index (κ3) is 6.10. The largest absolute Gasteiger partial charge is 0.440 e. The van der Waals surface area contributed by atoms with Gasteiger partial charge in [0.2, 0.25) is 5.89 Å². The summed E-state index contributed by atoms with van der Waals surface area (Å²) < 4.78 is 49.6. The molecule has 9 heteroatoms. The van der Waals surface area contributed by atoms with E-state index in [0.29, 0.717) is 18.0 Å². The van der Waals surface area contributed by atoms with Gasteiger partial charge in [-0.15, -0.1) is 0 Å². The number of carbonyl (C=O) groups excluding carboxylic acids is 1. The molecule has 3 aromatic rings. The van der Waals surface area contributed by atoms with E-state index in [1.807, 2.05) is 51.1 Å². The maximum absolute atomic E-state index is 14.8. The summed E-state index contributed by atoms with van der Waals surface area (Å²) in [5.74, 6) is -2.14. The van der Waals surface area contributed by atoms with Crippen LogP contribution in [0.15, 0.2) is 52.9 Å². The van der Waals surface area contributed by atoms with E-state index in [4.69, 9.17) is 4.42 Å². The summed E-state index contributed by atoms with van der Waals surface area (Å²) in [7, 11) is 0. The molecule has 204 valence electrons. The molecular formula is C29H34F3N3O3. The first kappa shape index (κ1) is 27.9. The molecule has 2 aromatic carbocycles. The molecule has 1 fully saturated rings. The van der Waals surface area contributed by atoms with Gasteiger partial charge in [-0.05, 0) is 36.1 Å². The molecule has 4 rings (SSSR count). The number of halogens is 3. The Hall–Kier alpha value is -3.17. The van der Waals surface area contributed by atoms with Crippen molar-refractivity contribution in [2.45, 2.75) is 52.4 Å². The summed E-state index contributed by atoms with van der Waals surface area (Å²) in [5.41, 5.74) is 0.453. The van der Waals surface area contributed by atoms with Gasteiger partial charge in [-0.3, -0.25) is 4.79 Å². The molecule has 1 aliphatic heterocycles. The van der Waals surface area contributed by atoms with Crippen LogP contribution in [0.5, 0.6) is 0 Å². The van der Waals surface area contributed by atoms with Crippen LogP contribution in [0.2, 0.25) is 0 Å². The van der Waals surface area contributed by atoms with Crippen LogP contribution in [0.1, 0.15) is 50.8 Å². The predicted molar refractivity (Wildman–Crippen MR) is 138 cm³/mol. The fourth-order valence-electron chi connectivity index (χ4n) is 4.98. The van der Waals surface area contributed by atoms with Gasteiger partial charge in [0.25, 0.3) is 5.91 Å². The second kappa shape index (κ2) is 11.3. The maximum Gasteiger partial charge on any atom is 0.251 e. The monoisotopic (exact) mass is 529 g/mol. The standard InChI is InChI=1S/C29H34F3N3O3/c1-17(36)28(37)35(16-19-14-33-15-23(19)32)26(29(2,3)4)25-24(12-18-8-6-5-7-9-18)38-27(34-25)21-13-20(30)10-11-22(21)31/h5-11,13,17,19,23,26,33,36H,12,14-16H2,1-4H3/t17?,19-,23-,26+/m0/s1. The number of rotatable bonds is 8. The molecule has 1 amide bonds. The highest BCUT2D eigenvalue weighted by molar-refractivity contribution is 5.81. The van der Waals surface area contributed by atoms with Crippen molar-refractivity contribution in [2.24, 2.45) is 11.3 Å². The molecule has 1 saturated heterocycles. The number of nitrogens with zero attached hydrogens (tertiary/aromatic N) is 2. The third-order valence-corrected chi connectivity index (χ3v) is 6.81. The summed E-state index contributed by atoms with van der Waals surface area (Å²) in [5, 5.41) is 13.3. The summed E-state index contributed by atoms with van der Waals surface area (Å²) in [6, 6.07) is 11.7. The van der Waals surface area contributed by atoms with Crippen LogP contribution in [0.4, 0.5) is 13.2 Å². The molecule has 0 saturated carbocycles. The number of benzene rings is 2. The first-order chi connectivity index (χ1) is 18.0. The van der Waals surface area contributed by atoms with E-state index >= 15 is 0 Å². The molecule has 2 heterocycles. The minimum Gasteiger partial charge on any atom is -0.440 e. The smallest absolute Gasteiger partial charge is 0.251 e. The highest BCUT2D eigenvalue weighted by Gasteiger charge is 2.42. The Labute approximate surface area is 220 Å². The quantitative estimate of drug-likeness (QED) is 0.426. The Morgan fingerprint density at radius 3 is 2.50 bits per heavy atom. The molecule has 6 nitrogen and oxygen atoms in total. The highest BCUT2D eigenvalue weighted by Crippen LogP contribution is 2.42. The van der Waals surface area contributed by atoms with Crippen LogP contribution < -0.4 is 5.32 Å². The van der Waals surface area contributed by atoms with Gasteiger partial charge in [-0.25, -0.2) is 18.2 Å². The molecule has 0 spiro atoms. The van der Waals surface area contributed by atoms with Crippen molar-refractivity contribution in [3.63, 3.8) is 0 Å². The zero-order valence-corrected chi connectivity index (χ0v) is 22.0. The van der Waals surface area contributed by atoms with E-state index in [1.165, 1.54) is 11.8 Å². The second-order valence-electron chi connectivity index (χ2n) is 11.0. The zero-order valence-electron chi connectivity index (χ0n) is 22.0. The number of oxazole rings is 1. The Morgan fingerprint density at radius 1 is 1.18 bits per heavy atom. The molecule has 1 aliphatic rings. The Morgan fingerprint density at radius 2 is 1.89 bits per heavy atom. The van der Waals surface area contributed by atoms with Gasteiger partial charge in [0.1, 0.15) is 35.4 Å². The van der Waals surface area contributed by atoms with Crippen LogP contribution in [-0.4, -0.2) is 52.8 Å². The molecular weight excluding hydrogens is 495 g/mol. The lowest BCUT2D eigenvalue weighted by Gasteiger charge is -2.41. The lowest BCUT2D eigenvalue weighted by molar-refractivity contribution is -0.145. The predicted octanol–water partition coefficient (Wildman–Crippen LogP) is 5.06. The van der Waals surface area contributed by atoms with E-state index in [1.54, 1.807) is 0 Å². The Bertz CT molecular complexity index is 1260. The van der Waals surface area contributed by atoms with E-state index in [2.05, 4.69) is 10.3 Å². The zero-order chi connectivity index (χ0) is 27.6. The molecule has 1 unspecified atom stereocenters. The summed E-state index contributed by atoms with van der Waals surface area (Å²) in [4.78, 5) is 19.5. The third-order valence-electron chi connectivity index (χ3n) is 6.81. The van der Waals surface area contributed by atoms with Crippen LogP contribution in [0.3, 0.4) is 0 Å². The first-order valence-corrected chi connectivity index (χ1v) is 12.8. The fourth-order valence-corrected chi connectivity index (χ4v) is 4.98. The number of aliphatic hydroxyl groups is 1. The molecule has 0 radical (unpaired) electrons. The van der Waals surface area contributed by atoms with Gasteiger partial charge in [0, 0.05) is 32.0 Å². The molecule has 4 atom stereocenters. The minimum atomic E-state index is -1.34. The van der Waals surface area contributed by atoms with Crippen molar-refractivity contribution in [2.75, 3.05) is 19.6 Å². The van der Waals surface area contributed by atoms with E-state index < -0.39 is 47.2 Å². The second-order valence-corrected chi connectivity index (χ2v) is 11.0. The SMILES string of the molecule is CC(O)C(=O)N(C[C@@H]1CNC[C@@H]1F)[C@H](c1nc(-c2cc(F)ccc2F)oc1Cc1ccccc1)C(C)(C)C. The number of nitrogens with one attached hydrogen (secondary N) is 1. The van der Waals surface area contributed by atoms with Gasteiger partial charge in [-0.1, -0.05) is 51.1 Å². The molecule has 0 aliphatic carbocycles. The normalized spacial score (nSPS) is 19.4. The van der Waals surface area contributed by atoms with Crippen molar-refractivity contribution >= 4 is 5.91 Å². The summed E-state index contributed by atoms with van der Waals surface area (Å²) in [6.45, 7) is 7.71. The molecule has 0 bridgehead atoms. The number of aliphatic hydroxyl groups excluding tert-OH is 1. The van der Waals surface area contributed by atoms with Crippen LogP contribution in [0.25, 0.3) is 11.5 Å². The number of alkyl halides is 1. The van der Waals surface area contributed by atoms with Gasteiger partial charge in [-0.2, -0.15) is 0 Å². The number of aromatic nitrogens is 1. The summed E-state index contributed by atoms with van der Waals surface area (Å²) in [6.07, 6.45) is -2.21. The highest BCUT2D eigenvalue weighted by atomic mass is 19.1. The topological polar surface area (TPSA) is 78.6 Å². The van der Waals surface area contributed by atoms with Gasteiger partial charge < -0.3 is 19.7 Å². The van der Waals surface area contributed by atoms with Gasteiger partial charge in [0.05, 0.1) is 11.6 Å². The lowest BCUT2D eigenvalue weighted by atomic mass is 9.81. The fraction of sp³-hybridized carbons (Fsp3) is 0.448. The maximum atomic E-state index is 14.8. The average Bonchev–Trinajstić information content (AvgIpc) is 3.45. The Balaban J connectivity index is 1.88. The van der Waals surface area contributed by atoms with Crippen LogP contribution in [0, 0.1) is 23.0 Å². The van der Waals surface area contributed by atoms with Gasteiger partial charge >= 0.3 is 0 Å².